The highest BCUT2D eigenvalue weighted by Crippen LogP contribution is 2.74. The van der Waals surface area contributed by atoms with Crippen LogP contribution in [-0.2, 0) is 0 Å². The lowest BCUT2D eigenvalue weighted by Crippen LogP contribution is -2.65. The van der Waals surface area contributed by atoms with Crippen molar-refractivity contribution in [1.29, 1.82) is 0 Å². The first kappa shape index (κ1) is 25.0. The fourth-order valence-corrected chi connectivity index (χ4v) is 10.1. The number of hydrogen-bond donors (Lipinski definition) is 4. The number of rotatable bonds is 2. The maximum Gasteiger partial charge on any atom is 0.0664 e. The number of hydrogen-bond acceptors (Lipinski definition) is 4. The molecule has 0 heterocycles. The molecule has 0 radical (unpaired) electrons. The normalized spacial score (nSPS) is 54.1. The van der Waals surface area contributed by atoms with Gasteiger partial charge in [-0.05, 0) is 85.0 Å². The van der Waals surface area contributed by atoms with E-state index < -0.39 is 23.0 Å². The van der Waals surface area contributed by atoms with Gasteiger partial charge in [0.15, 0.2) is 0 Å². The van der Waals surface area contributed by atoms with Crippen LogP contribution in [0.1, 0.15) is 92.9 Å². The summed E-state index contributed by atoms with van der Waals surface area (Å²) in [5, 5.41) is 43.6. The Bertz CT molecular complexity index is 921. The molecule has 0 spiro atoms. The van der Waals surface area contributed by atoms with Crippen molar-refractivity contribution in [2.75, 3.05) is 13.2 Å². The van der Waals surface area contributed by atoms with Crippen molar-refractivity contribution < 1.29 is 20.4 Å². The number of fused-ring (bicyclic) bond motifs is 6. The Hall–Kier alpha value is -0.680. The average Bonchev–Trinajstić information content (AvgIpc) is 2.77. The molecule has 5 aliphatic carbocycles. The van der Waals surface area contributed by atoms with Crippen molar-refractivity contribution >= 4 is 0 Å². The van der Waals surface area contributed by atoms with E-state index in [1.54, 1.807) is 0 Å². The highest BCUT2D eigenvalue weighted by atomic mass is 16.3. The van der Waals surface area contributed by atoms with Crippen LogP contribution in [-0.4, -0.2) is 45.8 Å². The second-order valence-corrected chi connectivity index (χ2v) is 14.7. The number of aliphatic hydroxyl groups is 4. The first-order valence-corrected chi connectivity index (χ1v) is 13.7. The lowest BCUT2D eigenvalue weighted by Gasteiger charge is -2.70. The standard InChI is InChI=1S/C30H48O4/c1-25(2)13-14-30(18-32)20(15-25)19-7-8-22-26(3)11-10-23(33)27(4,17-31)21(26)9-12-28(22,5)29(19,6)16-24(30)34/h7-8,21-24,31-34H,9-18H2,1-6H3/t21-,22-,23+,24-,26-,27-,28+,29+,30+/m1/s1. The van der Waals surface area contributed by atoms with E-state index in [0.29, 0.717) is 12.3 Å². The molecule has 0 unspecified atom stereocenters. The second-order valence-electron chi connectivity index (χ2n) is 14.7. The number of aliphatic hydroxyl groups excluding tert-OH is 4. The number of allylic oxidation sites excluding steroid dienone is 3. The quantitative estimate of drug-likeness (QED) is 0.456. The van der Waals surface area contributed by atoms with Crippen molar-refractivity contribution in [3.63, 3.8) is 0 Å². The molecule has 5 rings (SSSR count). The second kappa shape index (κ2) is 7.43. The zero-order valence-corrected chi connectivity index (χ0v) is 22.3. The molecule has 192 valence electrons. The summed E-state index contributed by atoms with van der Waals surface area (Å²) in [6, 6.07) is 0. The van der Waals surface area contributed by atoms with E-state index >= 15 is 0 Å². The molecule has 0 aromatic carbocycles. The van der Waals surface area contributed by atoms with E-state index in [1.165, 1.54) is 11.1 Å². The van der Waals surface area contributed by atoms with E-state index in [2.05, 4.69) is 53.7 Å². The summed E-state index contributed by atoms with van der Waals surface area (Å²) in [5.74, 6) is 0.602. The third-order valence-electron chi connectivity index (χ3n) is 12.7. The van der Waals surface area contributed by atoms with Gasteiger partial charge in [0.1, 0.15) is 0 Å². The Labute approximate surface area is 206 Å². The molecule has 5 aliphatic rings. The Balaban J connectivity index is 1.68. The molecule has 0 aromatic heterocycles. The van der Waals surface area contributed by atoms with Gasteiger partial charge in [0.05, 0.1) is 25.4 Å². The van der Waals surface area contributed by atoms with Gasteiger partial charge in [0, 0.05) is 16.2 Å². The molecule has 4 N–H and O–H groups in total. The predicted molar refractivity (Wildman–Crippen MR) is 135 cm³/mol. The van der Waals surface area contributed by atoms with Crippen LogP contribution in [0.2, 0.25) is 0 Å². The van der Waals surface area contributed by atoms with Crippen LogP contribution in [0.5, 0.6) is 0 Å². The summed E-state index contributed by atoms with van der Waals surface area (Å²) < 4.78 is 0. The van der Waals surface area contributed by atoms with Crippen LogP contribution in [0, 0.1) is 44.3 Å². The summed E-state index contributed by atoms with van der Waals surface area (Å²) in [4.78, 5) is 0. The maximum absolute atomic E-state index is 11.7. The molecule has 0 bridgehead atoms. The third kappa shape index (κ3) is 2.86. The Morgan fingerprint density at radius 1 is 0.853 bits per heavy atom. The molecule has 4 heteroatoms. The molecule has 0 amide bonds. The van der Waals surface area contributed by atoms with E-state index in [4.69, 9.17) is 0 Å². The minimum atomic E-state index is -0.525. The Morgan fingerprint density at radius 2 is 1.56 bits per heavy atom. The van der Waals surface area contributed by atoms with E-state index in [1.807, 2.05) is 0 Å². The fraction of sp³-hybridized carbons (Fsp3) is 0.867. The van der Waals surface area contributed by atoms with Gasteiger partial charge in [-0.25, -0.2) is 0 Å². The third-order valence-corrected chi connectivity index (χ3v) is 12.7. The van der Waals surface area contributed by atoms with Crippen LogP contribution in [0.3, 0.4) is 0 Å². The average molecular weight is 473 g/mol. The summed E-state index contributed by atoms with van der Waals surface area (Å²) in [6.07, 6.45) is 11.1. The fourth-order valence-electron chi connectivity index (χ4n) is 10.1. The minimum Gasteiger partial charge on any atom is -0.396 e. The molecule has 0 saturated heterocycles. The molecule has 0 aliphatic heterocycles. The monoisotopic (exact) mass is 472 g/mol. The smallest absolute Gasteiger partial charge is 0.0664 e. The van der Waals surface area contributed by atoms with Crippen LogP contribution < -0.4 is 0 Å². The summed E-state index contributed by atoms with van der Waals surface area (Å²) in [5.41, 5.74) is 1.75. The molecular weight excluding hydrogens is 424 g/mol. The SMILES string of the molecule is CC1(C)CC[C@]2(CO)C(=C3C=C[C@@H]4[C@]5(C)CC[C@H](O)[C@](C)(CO)[C@@H]5CC[C@]4(C)[C@@]3(C)C[C@H]2O)C1. The highest BCUT2D eigenvalue weighted by molar-refractivity contribution is 5.47. The van der Waals surface area contributed by atoms with Crippen molar-refractivity contribution in [2.45, 2.75) is 105 Å². The van der Waals surface area contributed by atoms with Crippen molar-refractivity contribution in [3.8, 4) is 0 Å². The highest BCUT2D eigenvalue weighted by Gasteiger charge is 2.68. The van der Waals surface area contributed by atoms with Gasteiger partial charge in [-0.2, -0.15) is 0 Å². The minimum absolute atomic E-state index is 0.00171. The van der Waals surface area contributed by atoms with Crippen LogP contribution >= 0.6 is 0 Å². The lowest BCUT2D eigenvalue weighted by atomic mass is 9.35. The molecule has 34 heavy (non-hydrogen) atoms. The van der Waals surface area contributed by atoms with Crippen molar-refractivity contribution in [3.05, 3.63) is 23.3 Å². The van der Waals surface area contributed by atoms with Crippen LogP contribution in [0.15, 0.2) is 23.3 Å². The first-order chi connectivity index (χ1) is 15.7. The van der Waals surface area contributed by atoms with Gasteiger partial charge >= 0.3 is 0 Å². The van der Waals surface area contributed by atoms with Gasteiger partial charge in [0.2, 0.25) is 0 Å². The van der Waals surface area contributed by atoms with Gasteiger partial charge in [0.25, 0.3) is 0 Å². The van der Waals surface area contributed by atoms with Crippen LogP contribution in [0.25, 0.3) is 0 Å². The maximum atomic E-state index is 11.7. The largest absolute Gasteiger partial charge is 0.396 e. The zero-order chi connectivity index (χ0) is 24.9. The van der Waals surface area contributed by atoms with Crippen LogP contribution in [0.4, 0.5) is 0 Å². The van der Waals surface area contributed by atoms with Gasteiger partial charge in [-0.1, -0.05) is 59.3 Å². The Kier molecular flexibility index (Phi) is 5.46. The van der Waals surface area contributed by atoms with Gasteiger partial charge < -0.3 is 20.4 Å². The van der Waals surface area contributed by atoms with Gasteiger partial charge in [-0.15, -0.1) is 0 Å². The zero-order valence-electron chi connectivity index (χ0n) is 22.3. The molecule has 3 saturated carbocycles. The summed E-state index contributed by atoms with van der Waals surface area (Å²) in [7, 11) is 0. The molecule has 3 fully saturated rings. The summed E-state index contributed by atoms with van der Waals surface area (Å²) in [6.45, 7) is 14.1. The lowest BCUT2D eigenvalue weighted by molar-refractivity contribution is -0.203. The topological polar surface area (TPSA) is 80.9 Å². The molecule has 0 aromatic rings. The van der Waals surface area contributed by atoms with Crippen molar-refractivity contribution in [1.82, 2.24) is 0 Å². The van der Waals surface area contributed by atoms with E-state index in [-0.39, 0.29) is 40.8 Å². The molecule has 9 atom stereocenters. The van der Waals surface area contributed by atoms with E-state index in [9.17, 15) is 20.4 Å². The Morgan fingerprint density at radius 3 is 2.21 bits per heavy atom. The molecule has 4 nitrogen and oxygen atoms in total. The van der Waals surface area contributed by atoms with Crippen molar-refractivity contribution in [2.24, 2.45) is 44.3 Å². The summed E-state index contributed by atoms with van der Waals surface area (Å²) >= 11 is 0. The van der Waals surface area contributed by atoms with Gasteiger partial charge in [-0.3, -0.25) is 0 Å². The van der Waals surface area contributed by atoms with E-state index in [0.717, 1.165) is 44.9 Å². The molecular formula is C30H48O4. The predicted octanol–water partition coefficient (Wildman–Crippen LogP) is 5.00. The first-order valence-electron chi connectivity index (χ1n) is 13.7.